The van der Waals surface area contributed by atoms with Crippen molar-refractivity contribution in [2.75, 3.05) is 0 Å². The minimum atomic E-state index is -0.191. The van der Waals surface area contributed by atoms with Crippen LogP contribution < -0.4 is 0 Å². The van der Waals surface area contributed by atoms with Crippen molar-refractivity contribution in [1.29, 1.82) is 0 Å². The Kier molecular flexibility index (Phi) is 2.54. The molecule has 2 aromatic carbocycles. The van der Waals surface area contributed by atoms with Crippen LogP contribution in [0.2, 0.25) is 0 Å². The van der Waals surface area contributed by atoms with Crippen LogP contribution in [0.4, 0.5) is 0 Å². The lowest BCUT2D eigenvalue weighted by molar-refractivity contribution is -0.120. The molecule has 1 saturated carbocycles. The van der Waals surface area contributed by atoms with Crippen molar-refractivity contribution in [3.05, 3.63) is 71.8 Å². The van der Waals surface area contributed by atoms with Gasteiger partial charge in [0, 0.05) is 11.8 Å². The quantitative estimate of drug-likeness (QED) is 0.780. The van der Waals surface area contributed by atoms with E-state index >= 15 is 0 Å². The molecule has 4 rings (SSSR count). The highest BCUT2D eigenvalue weighted by Crippen LogP contribution is 2.52. The summed E-state index contributed by atoms with van der Waals surface area (Å²) in [4.78, 5) is 11.9. The second-order valence-electron chi connectivity index (χ2n) is 5.65. The van der Waals surface area contributed by atoms with E-state index in [0.717, 1.165) is 6.42 Å². The molecule has 0 radical (unpaired) electrons. The third-order valence-corrected chi connectivity index (χ3v) is 4.64. The lowest BCUT2D eigenvalue weighted by atomic mass is 9.65. The van der Waals surface area contributed by atoms with E-state index in [2.05, 4.69) is 48.5 Å². The molecule has 0 spiro atoms. The smallest absolute Gasteiger partial charge is 0.164 e. The van der Waals surface area contributed by atoms with Gasteiger partial charge < -0.3 is 4.74 Å². The average Bonchev–Trinajstić information content (AvgIpc) is 3.32. The normalized spacial score (nSPS) is 26.9. The van der Waals surface area contributed by atoms with E-state index in [1.54, 1.807) is 0 Å². The molecule has 2 atom stereocenters. The Labute approximate surface area is 118 Å². The van der Waals surface area contributed by atoms with Crippen molar-refractivity contribution in [1.82, 2.24) is 0 Å². The molecule has 100 valence electrons. The van der Waals surface area contributed by atoms with Gasteiger partial charge in [0.1, 0.15) is 12.2 Å². The Bertz CT molecular complexity index is 593. The molecule has 0 N–H and O–H groups in total. The van der Waals surface area contributed by atoms with Crippen LogP contribution in [-0.4, -0.2) is 18.0 Å². The Hall–Kier alpha value is -1.93. The first-order valence-electron chi connectivity index (χ1n) is 7.11. The van der Waals surface area contributed by atoms with Crippen LogP contribution >= 0.6 is 0 Å². The highest BCUT2D eigenvalue weighted by Gasteiger charge is 2.62. The topological polar surface area (TPSA) is 29.6 Å². The summed E-state index contributed by atoms with van der Waals surface area (Å²) in [6, 6.07) is 20.9. The van der Waals surface area contributed by atoms with Gasteiger partial charge in [-0.05, 0) is 17.5 Å². The Morgan fingerprint density at radius 2 is 1.45 bits per heavy atom. The van der Waals surface area contributed by atoms with Crippen LogP contribution in [0.15, 0.2) is 60.7 Å². The summed E-state index contributed by atoms with van der Waals surface area (Å²) in [5, 5.41) is 0. The summed E-state index contributed by atoms with van der Waals surface area (Å²) in [5.74, 6) is 0.262. The molecule has 1 aliphatic carbocycles. The second kappa shape index (κ2) is 4.29. The molecule has 0 bridgehead atoms. The van der Waals surface area contributed by atoms with E-state index < -0.39 is 0 Å². The summed E-state index contributed by atoms with van der Waals surface area (Å²) < 4.78 is 5.77. The van der Waals surface area contributed by atoms with Gasteiger partial charge in [-0.3, -0.25) is 4.79 Å². The van der Waals surface area contributed by atoms with Gasteiger partial charge in [-0.15, -0.1) is 0 Å². The third-order valence-electron chi connectivity index (χ3n) is 4.64. The molecule has 1 aliphatic heterocycles. The summed E-state index contributed by atoms with van der Waals surface area (Å²) in [5.41, 5.74) is 2.35. The molecule has 0 amide bonds. The van der Waals surface area contributed by atoms with Crippen LogP contribution in [0.3, 0.4) is 0 Å². The minimum Gasteiger partial charge on any atom is -0.360 e. The molecular weight excluding hydrogens is 248 g/mol. The summed E-state index contributed by atoms with van der Waals surface area (Å²) in [7, 11) is 0. The lowest BCUT2D eigenvalue weighted by Crippen LogP contribution is -2.40. The molecule has 2 unspecified atom stereocenters. The number of hydrogen-bond acceptors (Lipinski definition) is 2. The number of rotatable bonds is 2. The number of fused-ring (bicyclic) bond motifs is 1. The number of epoxide rings is 1. The van der Waals surface area contributed by atoms with Crippen molar-refractivity contribution >= 4 is 5.78 Å². The maximum atomic E-state index is 11.9. The van der Waals surface area contributed by atoms with Gasteiger partial charge in [0.25, 0.3) is 0 Å². The number of Topliss-reactive ketones (excluding diaryl/α,β-unsaturated/α-hetero) is 1. The van der Waals surface area contributed by atoms with Gasteiger partial charge in [0.2, 0.25) is 0 Å². The predicted molar refractivity (Wildman–Crippen MR) is 76.6 cm³/mol. The summed E-state index contributed by atoms with van der Waals surface area (Å²) in [6.07, 6.45) is 1.25. The standard InChI is InChI=1S/C18H16O2/c19-15-11-12-18(17-16(15)20-17,13-7-3-1-4-8-13)14-9-5-2-6-10-14/h1-10,16-17H,11-12H2. The summed E-state index contributed by atoms with van der Waals surface area (Å²) in [6.45, 7) is 0. The summed E-state index contributed by atoms with van der Waals surface area (Å²) >= 11 is 0. The number of ketones is 1. The van der Waals surface area contributed by atoms with Gasteiger partial charge in [-0.1, -0.05) is 60.7 Å². The van der Waals surface area contributed by atoms with Crippen LogP contribution in [0.25, 0.3) is 0 Å². The Morgan fingerprint density at radius 3 is 2.00 bits per heavy atom. The Morgan fingerprint density at radius 1 is 0.900 bits per heavy atom. The molecule has 1 heterocycles. The predicted octanol–water partition coefficient (Wildman–Crippen LogP) is 3.10. The van der Waals surface area contributed by atoms with Crippen molar-refractivity contribution < 1.29 is 9.53 Å². The fraction of sp³-hybridized carbons (Fsp3) is 0.278. The van der Waals surface area contributed by atoms with Gasteiger partial charge in [0.15, 0.2) is 5.78 Å². The van der Waals surface area contributed by atoms with E-state index in [1.165, 1.54) is 11.1 Å². The molecule has 2 heteroatoms. The number of ether oxygens (including phenoxy) is 1. The zero-order valence-corrected chi connectivity index (χ0v) is 11.2. The van der Waals surface area contributed by atoms with Crippen LogP contribution in [0.1, 0.15) is 24.0 Å². The van der Waals surface area contributed by atoms with Crippen LogP contribution in [0.5, 0.6) is 0 Å². The fourth-order valence-electron chi connectivity index (χ4n) is 3.59. The maximum absolute atomic E-state index is 11.9. The highest BCUT2D eigenvalue weighted by atomic mass is 16.6. The first-order chi connectivity index (χ1) is 9.82. The van der Waals surface area contributed by atoms with E-state index in [1.807, 2.05) is 12.1 Å². The third kappa shape index (κ3) is 1.58. The maximum Gasteiger partial charge on any atom is 0.164 e. The number of carbonyl (C=O) groups is 1. The van der Waals surface area contributed by atoms with E-state index in [0.29, 0.717) is 6.42 Å². The number of hydrogen-bond donors (Lipinski definition) is 0. The van der Waals surface area contributed by atoms with E-state index in [4.69, 9.17) is 4.74 Å². The number of benzene rings is 2. The average molecular weight is 264 g/mol. The molecule has 2 aliphatic rings. The second-order valence-corrected chi connectivity index (χ2v) is 5.65. The molecule has 0 aromatic heterocycles. The van der Waals surface area contributed by atoms with E-state index in [9.17, 15) is 4.79 Å². The van der Waals surface area contributed by atoms with Crippen molar-refractivity contribution in [3.8, 4) is 0 Å². The monoisotopic (exact) mass is 264 g/mol. The Balaban J connectivity index is 1.89. The SMILES string of the molecule is O=C1CCC(c2ccccc2)(c2ccccc2)C2OC12. The van der Waals surface area contributed by atoms with Gasteiger partial charge in [-0.25, -0.2) is 0 Å². The van der Waals surface area contributed by atoms with Gasteiger partial charge in [-0.2, -0.15) is 0 Å². The van der Waals surface area contributed by atoms with Crippen molar-refractivity contribution in [2.24, 2.45) is 0 Å². The van der Waals surface area contributed by atoms with Crippen molar-refractivity contribution in [3.63, 3.8) is 0 Å². The van der Waals surface area contributed by atoms with Crippen molar-refractivity contribution in [2.45, 2.75) is 30.5 Å². The van der Waals surface area contributed by atoms with Crippen LogP contribution in [-0.2, 0) is 14.9 Å². The molecule has 2 nitrogen and oxygen atoms in total. The molecule has 2 fully saturated rings. The molecule has 20 heavy (non-hydrogen) atoms. The first-order valence-corrected chi connectivity index (χ1v) is 7.11. The highest BCUT2D eigenvalue weighted by molar-refractivity contribution is 5.88. The van der Waals surface area contributed by atoms with Gasteiger partial charge >= 0.3 is 0 Å². The first kappa shape index (κ1) is 11.9. The molecule has 1 saturated heterocycles. The van der Waals surface area contributed by atoms with Gasteiger partial charge in [0.05, 0.1) is 0 Å². The minimum absolute atomic E-state index is 0.00792. The van der Waals surface area contributed by atoms with Crippen LogP contribution in [0, 0.1) is 0 Å². The largest absolute Gasteiger partial charge is 0.360 e. The molecule has 2 aromatic rings. The lowest BCUT2D eigenvalue weighted by Gasteiger charge is -2.35. The zero-order valence-electron chi connectivity index (χ0n) is 11.2. The van der Waals surface area contributed by atoms with E-state index in [-0.39, 0.29) is 23.4 Å². The molecular formula is C18H16O2. The fourth-order valence-corrected chi connectivity index (χ4v) is 3.59. The zero-order chi connectivity index (χ0) is 13.6. The number of carbonyl (C=O) groups excluding carboxylic acids is 1.